The molecule has 3 unspecified atom stereocenters. The van der Waals surface area contributed by atoms with Gasteiger partial charge >= 0.3 is 0 Å². The van der Waals surface area contributed by atoms with E-state index in [4.69, 9.17) is 4.74 Å². The average Bonchev–Trinajstić information content (AvgIpc) is 2.81. The Morgan fingerprint density at radius 3 is 2.15 bits per heavy atom. The first-order valence-electron chi connectivity index (χ1n) is 9.55. The van der Waals surface area contributed by atoms with Crippen LogP contribution in [-0.4, -0.2) is 12.2 Å². The van der Waals surface area contributed by atoms with E-state index in [0.29, 0.717) is 12.2 Å². The highest BCUT2D eigenvalue weighted by molar-refractivity contribution is 4.82. The molecule has 2 aliphatic rings. The van der Waals surface area contributed by atoms with Gasteiger partial charge in [0.25, 0.3) is 0 Å². The van der Waals surface area contributed by atoms with Gasteiger partial charge in [-0.3, -0.25) is 0 Å². The monoisotopic (exact) mass is 280 g/mol. The zero-order valence-corrected chi connectivity index (χ0v) is 13.7. The van der Waals surface area contributed by atoms with Crippen molar-refractivity contribution in [3.63, 3.8) is 0 Å². The third kappa shape index (κ3) is 5.76. The van der Waals surface area contributed by atoms with Crippen molar-refractivity contribution in [1.82, 2.24) is 0 Å². The van der Waals surface area contributed by atoms with Crippen molar-refractivity contribution in [3.8, 4) is 0 Å². The smallest absolute Gasteiger partial charge is 0.0608 e. The molecule has 0 aromatic heterocycles. The Balaban J connectivity index is 1.76. The average molecular weight is 280 g/mol. The van der Waals surface area contributed by atoms with E-state index >= 15 is 0 Å². The molecule has 0 N–H and O–H groups in total. The molecule has 1 aliphatic heterocycles. The molecule has 0 amide bonds. The highest BCUT2D eigenvalue weighted by Crippen LogP contribution is 2.36. The second kappa shape index (κ2) is 9.82. The van der Waals surface area contributed by atoms with Crippen LogP contribution >= 0.6 is 0 Å². The van der Waals surface area contributed by atoms with Gasteiger partial charge in [-0.25, -0.2) is 0 Å². The van der Waals surface area contributed by atoms with E-state index in [1.807, 2.05) is 0 Å². The molecular formula is C19H36O. The van der Waals surface area contributed by atoms with Crippen LogP contribution in [0.1, 0.15) is 103 Å². The minimum absolute atomic E-state index is 0.599. The zero-order chi connectivity index (χ0) is 14.0. The second-order valence-electron chi connectivity index (χ2n) is 7.19. The van der Waals surface area contributed by atoms with Crippen molar-refractivity contribution in [2.75, 3.05) is 0 Å². The topological polar surface area (TPSA) is 9.23 Å². The Morgan fingerprint density at radius 2 is 1.45 bits per heavy atom. The molecule has 0 radical (unpaired) electrons. The maximum Gasteiger partial charge on any atom is 0.0608 e. The fourth-order valence-electron chi connectivity index (χ4n) is 4.13. The molecule has 2 fully saturated rings. The predicted octanol–water partition coefficient (Wildman–Crippen LogP) is 6.26. The Bertz CT molecular complexity index is 218. The number of hydrogen-bond donors (Lipinski definition) is 0. The molecule has 0 aromatic rings. The summed E-state index contributed by atoms with van der Waals surface area (Å²) in [4.78, 5) is 0. The van der Waals surface area contributed by atoms with Crippen molar-refractivity contribution in [2.24, 2.45) is 5.92 Å². The van der Waals surface area contributed by atoms with Gasteiger partial charge in [0.15, 0.2) is 0 Å². The molecule has 3 atom stereocenters. The molecule has 118 valence electrons. The van der Waals surface area contributed by atoms with Crippen LogP contribution in [0.15, 0.2) is 0 Å². The molecule has 1 nitrogen and oxygen atoms in total. The van der Waals surface area contributed by atoms with Gasteiger partial charge in [0.05, 0.1) is 12.2 Å². The fraction of sp³-hybridized carbons (Fsp3) is 1.00. The van der Waals surface area contributed by atoms with E-state index in [1.165, 1.54) is 96.3 Å². The molecule has 0 aromatic carbocycles. The van der Waals surface area contributed by atoms with Crippen molar-refractivity contribution < 1.29 is 4.74 Å². The summed E-state index contributed by atoms with van der Waals surface area (Å²) in [5.74, 6) is 0.890. The Kier molecular flexibility index (Phi) is 8.02. The summed E-state index contributed by atoms with van der Waals surface area (Å²) >= 11 is 0. The van der Waals surface area contributed by atoms with E-state index in [2.05, 4.69) is 6.92 Å². The number of unbranched alkanes of at least 4 members (excludes halogenated alkanes) is 2. The van der Waals surface area contributed by atoms with Gasteiger partial charge in [-0.2, -0.15) is 0 Å². The standard InChI is InChI=1S/C19H36O/c1-2-3-10-14-18-16-17-13-11-8-6-4-5-7-9-12-15-19(17)20-18/h17-19H,2-16H2,1H3. The largest absolute Gasteiger partial charge is 0.375 e. The molecule has 20 heavy (non-hydrogen) atoms. The predicted molar refractivity (Wildman–Crippen MR) is 87.1 cm³/mol. The maximum absolute atomic E-state index is 6.42. The van der Waals surface area contributed by atoms with Crippen LogP contribution in [0.3, 0.4) is 0 Å². The second-order valence-corrected chi connectivity index (χ2v) is 7.19. The van der Waals surface area contributed by atoms with E-state index in [0.717, 1.165) is 5.92 Å². The minimum Gasteiger partial charge on any atom is -0.375 e. The van der Waals surface area contributed by atoms with Gasteiger partial charge in [-0.05, 0) is 31.6 Å². The summed E-state index contributed by atoms with van der Waals surface area (Å²) < 4.78 is 6.42. The van der Waals surface area contributed by atoms with Crippen molar-refractivity contribution >= 4 is 0 Å². The van der Waals surface area contributed by atoms with Crippen LogP contribution in [0, 0.1) is 5.92 Å². The first kappa shape index (κ1) is 16.3. The Morgan fingerprint density at radius 1 is 0.800 bits per heavy atom. The van der Waals surface area contributed by atoms with Crippen LogP contribution in [0.25, 0.3) is 0 Å². The van der Waals surface area contributed by atoms with E-state index < -0.39 is 0 Å². The SMILES string of the molecule is CCCCCC1CC2CCCCCCCCCCC2O1. The number of fused-ring (bicyclic) bond motifs is 1. The van der Waals surface area contributed by atoms with Crippen LogP contribution in [-0.2, 0) is 4.74 Å². The van der Waals surface area contributed by atoms with Gasteiger partial charge < -0.3 is 4.74 Å². The molecule has 1 aliphatic carbocycles. The lowest BCUT2D eigenvalue weighted by molar-refractivity contribution is 0.0218. The highest BCUT2D eigenvalue weighted by atomic mass is 16.5. The van der Waals surface area contributed by atoms with E-state index in [-0.39, 0.29) is 0 Å². The number of hydrogen-bond acceptors (Lipinski definition) is 1. The number of rotatable bonds is 4. The first-order valence-corrected chi connectivity index (χ1v) is 9.55. The summed E-state index contributed by atoms with van der Waals surface area (Å²) in [6.45, 7) is 2.29. The maximum atomic E-state index is 6.42. The third-order valence-electron chi connectivity index (χ3n) is 5.40. The molecule has 1 saturated carbocycles. The van der Waals surface area contributed by atoms with Crippen molar-refractivity contribution in [3.05, 3.63) is 0 Å². The van der Waals surface area contributed by atoms with Crippen LogP contribution in [0.4, 0.5) is 0 Å². The summed E-state index contributed by atoms with van der Waals surface area (Å²) in [5, 5.41) is 0. The van der Waals surface area contributed by atoms with Gasteiger partial charge in [0.2, 0.25) is 0 Å². The van der Waals surface area contributed by atoms with Crippen molar-refractivity contribution in [2.45, 2.75) is 115 Å². The summed E-state index contributed by atoms with van der Waals surface area (Å²) in [6, 6.07) is 0. The van der Waals surface area contributed by atoms with Crippen LogP contribution in [0.5, 0.6) is 0 Å². The van der Waals surface area contributed by atoms with Crippen molar-refractivity contribution in [1.29, 1.82) is 0 Å². The molecule has 0 spiro atoms. The lowest BCUT2D eigenvalue weighted by Crippen LogP contribution is -2.16. The Labute approximate surface area is 126 Å². The van der Waals surface area contributed by atoms with Gasteiger partial charge in [-0.1, -0.05) is 77.6 Å². The van der Waals surface area contributed by atoms with Crippen LogP contribution < -0.4 is 0 Å². The van der Waals surface area contributed by atoms with E-state index in [9.17, 15) is 0 Å². The van der Waals surface area contributed by atoms with E-state index in [1.54, 1.807) is 0 Å². The molecule has 1 heteroatoms. The van der Waals surface area contributed by atoms with Gasteiger partial charge in [0.1, 0.15) is 0 Å². The van der Waals surface area contributed by atoms with Gasteiger partial charge in [-0.15, -0.1) is 0 Å². The summed E-state index contributed by atoms with van der Waals surface area (Å²) in [5.41, 5.74) is 0. The minimum atomic E-state index is 0.599. The lowest BCUT2D eigenvalue weighted by atomic mass is 9.88. The van der Waals surface area contributed by atoms with Crippen LogP contribution in [0.2, 0.25) is 0 Å². The molecule has 1 saturated heterocycles. The number of ether oxygens (including phenoxy) is 1. The zero-order valence-electron chi connectivity index (χ0n) is 13.7. The molecular weight excluding hydrogens is 244 g/mol. The summed E-state index contributed by atoms with van der Waals surface area (Å²) in [7, 11) is 0. The normalized spacial score (nSPS) is 33.1. The Hall–Kier alpha value is -0.0400. The quantitative estimate of drug-likeness (QED) is 0.553. The highest BCUT2D eigenvalue weighted by Gasteiger charge is 2.33. The first-order chi connectivity index (χ1) is 9.90. The molecule has 1 heterocycles. The molecule has 2 rings (SSSR count). The fourth-order valence-corrected chi connectivity index (χ4v) is 4.13. The van der Waals surface area contributed by atoms with Gasteiger partial charge in [0, 0.05) is 0 Å². The third-order valence-corrected chi connectivity index (χ3v) is 5.40. The molecule has 0 bridgehead atoms. The lowest BCUT2D eigenvalue weighted by Gasteiger charge is -2.19. The summed E-state index contributed by atoms with van der Waals surface area (Å²) in [6.07, 6.45) is 22.4.